The molecule has 6 heteroatoms. The molecule has 0 aliphatic rings. The number of carbonyl (C=O) groups excluding carboxylic acids is 1. The lowest BCUT2D eigenvalue weighted by Crippen LogP contribution is -2.14. The predicted molar refractivity (Wildman–Crippen MR) is 120 cm³/mol. The van der Waals surface area contributed by atoms with Crippen molar-refractivity contribution in [3.8, 4) is 5.75 Å². The van der Waals surface area contributed by atoms with Crippen LogP contribution >= 0.6 is 0 Å². The van der Waals surface area contributed by atoms with Crippen LogP contribution in [0.2, 0.25) is 0 Å². The molecule has 1 unspecified atom stereocenters. The van der Waals surface area contributed by atoms with Gasteiger partial charge in [0, 0.05) is 28.5 Å². The van der Waals surface area contributed by atoms with Gasteiger partial charge in [-0.3, -0.25) is 4.98 Å². The van der Waals surface area contributed by atoms with E-state index in [-0.39, 0.29) is 11.7 Å². The Labute approximate surface area is 180 Å². The number of phenolic OH excluding ortho intramolecular Hbond substituents is 1. The number of esters is 1. The quantitative estimate of drug-likeness (QED) is 0.432. The highest BCUT2D eigenvalue weighted by atomic mass is 16.5. The highest BCUT2D eigenvalue weighted by Crippen LogP contribution is 2.36. The number of fused-ring (bicyclic) bond motifs is 1. The Hall–Kier alpha value is -3.93. The van der Waals surface area contributed by atoms with E-state index in [0.717, 1.165) is 22.5 Å². The molecular formula is C25H23N3O3. The molecule has 0 radical (unpaired) electrons. The fourth-order valence-electron chi connectivity index (χ4n) is 3.46. The van der Waals surface area contributed by atoms with Crippen LogP contribution in [0.1, 0.15) is 40.3 Å². The molecule has 4 rings (SSSR count). The topological polar surface area (TPSA) is 84.3 Å². The first kappa shape index (κ1) is 20.3. The number of pyridine rings is 2. The molecule has 0 bridgehead atoms. The Balaban J connectivity index is 1.73. The number of aromatic nitrogens is 2. The number of aromatic hydroxyl groups is 1. The van der Waals surface area contributed by atoms with Gasteiger partial charge in [-0.2, -0.15) is 0 Å². The minimum absolute atomic E-state index is 0.118. The number of aryl methyl sites for hydroxylation is 1. The molecule has 1 atom stereocenters. The summed E-state index contributed by atoms with van der Waals surface area (Å²) in [5.41, 5.74) is 4.06. The van der Waals surface area contributed by atoms with Gasteiger partial charge in [0.25, 0.3) is 0 Å². The first-order chi connectivity index (χ1) is 15.1. The van der Waals surface area contributed by atoms with Crippen LogP contribution in [0.3, 0.4) is 0 Å². The minimum atomic E-state index is -0.415. The fourth-order valence-corrected chi connectivity index (χ4v) is 3.46. The van der Waals surface area contributed by atoms with Crippen molar-refractivity contribution in [2.45, 2.75) is 19.9 Å². The zero-order valence-electron chi connectivity index (χ0n) is 17.4. The molecule has 2 aromatic carbocycles. The van der Waals surface area contributed by atoms with E-state index in [9.17, 15) is 9.90 Å². The standard InChI is InChI=1S/C25H23N3O3/c1-3-31-25(30)18-9-12-19(13-10-18)28-23(21-6-4-5-15-26-21)20-14-11-17-8-7-16(2)27-22(17)24(20)29/h4-15,23,28-29H,3H2,1-2H3. The van der Waals surface area contributed by atoms with Crippen molar-refractivity contribution in [2.75, 3.05) is 11.9 Å². The normalized spacial score (nSPS) is 11.8. The number of nitrogens with one attached hydrogen (secondary N) is 1. The number of benzene rings is 2. The van der Waals surface area contributed by atoms with Gasteiger partial charge in [0.15, 0.2) is 0 Å². The maximum Gasteiger partial charge on any atom is 0.338 e. The van der Waals surface area contributed by atoms with Gasteiger partial charge >= 0.3 is 5.97 Å². The fraction of sp³-hybridized carbons (Fsp3) is 0.160. The Kier molecular flexibility index (Phi) is 5.80. The molecule has 0 aliphatic heterocycles. The molecule has 156 valence electrons. The SMILES string of the molecule is CCOC(=O)c1ccc(NC(c2ccccn2)c2ccc3ccc(C)nc3c2O)cc1. The van der Waals surface area contributed by atoms with E-state index in [4.69, 9.17) is 4.74 Å². The van der Waals surface area contributed by atoms with Crippen molar-refractivity contribution >= 4 is 22.6 Å². The molecule has 2 N–H and O–H groups in total. The molecule has 0 saturated heterocycles. The van der Waals surface area contributed by atoms with Crippen LogP contribution in [0, 0.1) is 6.92 Å². The Morgan fingerprint density at radius 2 is 1.84 bits per heavy atom. The van der Waals surface area contributed by atoms with E-state index >= 15 is 0 Å². The van der Waals surface area contributed by atoms with Gasteiger partial charge in [-0.1, -0.05) is 24.3 Å². The van der Waals surface area contributed by atoms with Gasteiger partial charge in [0.1, 0.15) is 11.3 Å². The first-order valence-corrected chi connectivity index (χ1v) is 10.1. The van der Waals surface area contributed by atoms with Gasteiger partial charge < -0.3 is 15.2 Å². The number of carbonyl (C=O) groups is 1. The summed E-state index contributed by atoms with van der Waals surface area (Å²) in [7, 11) is 0. The molecule has 31 heavy (non-hydrogen) atoms. The van der Waals surface area contributed by atoms with Crippen molar-refractivity contribution in [1.82, 2.24) is 9.97 Å². The molecular weight excluding hydrogens is 390 g/mol. The lowest BCUT2D eigenvalue weighted by Gasteiger charge is -2.22. The summed E-state index contributed by atoms with van der Waals surface area (Å²) in [5, 5.41) is 15.4. The van der Waals surface area contributed by atoms with E-state index in [1.165, 1.54) is 0 Å². The smallest absolute Gasteiger partial charge is 0.338 e. The zero-order valence-corrected chi connectivity index (χ0v) is 17.4. The van der Waals surface area contributed by atoms with Gasteiger partial charge in [-0.05, 0) is 56.3 Å². The van der Waals surface area contributed by atoms with E-state index in [0.29, 0.717) is 23.3 Å². The van der Waals surface area contributed by atoms with Crippen LogP contribution in [-0.2, 0) is 4.74 Å². The van der Waals surface area contributed by atoms with Crippen LogP contribution in [0.25, 0.3) is 10.9 Å². The predicted octanol–water partition coefficient (Wildman–Crippen LogP) is 5.02. The van der Waals surface area contributed by atoms with Crippen LogP contribution in [0.4, 0.5) is 5.69 Å². The minimum Gasteiger partial charge on any atom is -0.505 e. The highest BCUT2D eigenvalue weighted by molar-refractivity contribution is 5.90. The maximum absolute atomic E-state index is 11.9. The molecule has 2 aromatic heterocycles. The van der Waals surface area contributed by atoms with Gasteiger partial charge in [-0.15, -0.1) is 0 Å². The van der Waals surface area contributed by atoms with Gasteiger partial charge in [-0.25, -0.2) is 9.78 Å². The third kappa shape index (κ3) is 4.33. The van der Waals surface area contributed by atoms with Crippen LogP contribution in [-0.4, -0.2) is 27.7 Å². The van der Waals surface area contributed by atoms with Gasteiger partial charge in [0.2, 0.25) is 0 Å². The largest absolute Gasteiger partial charge is 0.505 e. The summed E-state index contributed by atoms with van der Waals surface area (Å²) >= 11 is 0. The van der Waals surface area contributed by atoms with E-state index < -0.39 is 6.04 Å². The van der Waals surface area contributed by atoms with E-state index in [2.05, 4.69) is 15.3 Å². The molecule has 0 amide bonds. The summed E-state index contributed by atoms with van der Waals surface area (Å²) in [6.07, 6.45) is 1.72. The van der Waals surface area contributed by atoms with E-state index in [1.54, 1.807) is 25.3 Å². The number of phenols is 1. The third-order valence-corrected chi connectivity index (χ3v) is 5.01. The summed E-state index contributed by atoms with van der Waals surface area (Å²) in [6, 6.07) is 20.0. The van der Waals surface area contributed by atoms with Crippen LogP contribution in [0.15, 0.2) is 72.9 Å². The second-order valence-electron chi connectivity index (χ2n) is 7.16. The number of anilines is 1. The summed E-state index contributed by atoms with van der Waals surface area (Å²) in [6.45, 7) is 4.00. The first-order valence-electron chi connectivity index (χ1n) is 10.1. The lowest BCUT2D eigenvalue weighted by atomic mass is 9.99. The average molecular weight is 413 g/mol. The molecule has 0 spiro atoms. The number of nitrogens with zero attached hydrogens (tertiary/aromatic N) is 2. The van der Waals surface area contributed by atoms with Crippen LogP contribution in [0.5, 0.6) is 5.75 Å². The van der Waals surface area contributed by atoms with Crippen molar-refractivity contribution in [1.29, 1.82) is 0 Å². The zero-order chi connectivity index (χ0) is 21.8. The second-order valence-corrected chi connectivity index (χ2v) is 7.16. The summed E-state index contributed by atoms with van der Waals surface area (Å²) < 4.78 is 5.04. The van der Waals surface area contributed by atoms with Crippen molar-refractivity contribution < 1.29 is 14.6 Å². The van der Waals surface area contributed by atoms with Crippen LogP contribution < -0.4 is 5.32 Å². The summed E-state index contributed by atoms with van der Waals surface area (Å²) in [5.74, 6) is -0.239. The molecule has 2 heterocycles. The van der Waals surface area contributed by atoms with Crippen molar-refractivity contribution in [3.63, 3.8) is 0 Å². The lowest BCUT2D eigenvalue weighted by molar-refractivity contribution is 0.0526. The Morgan fingerprint density at radius 3 is 2.55 bits per heavy atom. The number of hydrogen-bond acceptors (Lipinski definition) is 6. The number of rotatable bonds is 6. The summed E-state index contributed by atoms with van der Waals surface area (Å²) in [4.78, 5) is 20.9. The van der Waals surface area contributed by atoms with E-state index in [1.807, 2.05) is 61.5 Å². The van der Waals surface area contributed by atoms with Crippen molar-refractivity contribution in [3.05, 3.63) is 95.4 Å². The highest BCUT2D eigenvalue weighted by Gasteiger charge is 2.21. The van der Waals surface area contributed by atoms with Gasteiger partial charge in [0.05, 0.1) is 23.9 Å². The molecule has 0 aliphatic carbocycles. The molecule has 0 saturated carbocycles. The number of hydrogen-bond donors (Lipinski definition) is 2. The molecule has 0 fully saturated rings. The molecule has 6 nitrogen and oxygen atoms in total. The Morgan fingerprint density at radius 1 is 1.06 bits per heavy atom. The Bertz CT molecular complexity index is 1210. The maximum atomic E-state index is 11.9. The second kappa shape index (κ2) is 8.83. The monoisotopic (exact) mass is 413 g/mol. The molecule has 4 aromatic rings. The number of ether oxygens (including phenoxy) is 1. The average Bonchev–Trinajstić information content (AvgIpc) is 2.80. The van der Waals surface area contributed by atoms with Crippen molar-refractivity contribution in [2.24, 2.45) is 0 Å². The third-order valence-electron chi connectivity index (χ3n) is 5.01.